The van der Waals surface area contributed by atoms with Gasteiger partial charge in [-0.15, -0.1) is 0 Å². The molecule has 1 N–H and O–H groups in total. The van der Waals surface area contributed by atoms with Crippen molar-refractivity contribution in [3.8, 4) is 0 Å². The molecule has 2 fully saturated rings. The molecular weight excluding hydrogens is 260 g/mol. The normalized spacial score (nSPS) is 28.7. The lowest BCUT2D eigenvalue weighted by Crippen LogP contribution is -2.38. The summed E-state index contributed by atoms with van der Waals surface area (Å²) >= 11 is 0. The van der Waals surface area contributed by atoms with Gasteiger partial charge in [0.05, 0.1) is 13.2 Å². The van der Waals surface area contributed by atoms with Crippen molar-refractivity contribution in [3.05, 3.63) is 0 Å². The summed E-state index contributed by atoms with van der Waals surface area (Å²) in [6.45, 7) is 13.8. The summed E-state index contributed by atoms with van der Waals surface area (Å²) in [6.07, 6.45) is 8.22. The maximum atomic E-state index is 5.38. The predicted octanol–water partition coefficient (Wildman–Crippen LogP) is 3.29. The summed E-state index contributed by atoms with van der Waals surface area (Å²) < 4.78 is 5.38. The second-order valence-corrected chi connectivity index (χ2v) is 8.03. The Kier molecular flexibility index (Phi) is 6.97. The van der Waals surface area contributed by atoms with Crippen molar-refractivity contribution in [3.63, 3.8) is 0 Å². The monoisotopic (exact) mass is 296 g/mol. The summed E-state index contributed by atoms with van der Waals surface area (Å²) in [7, 11) is 0. The first-order valence-electron chi connectivity index (χ1n) is 9.09. The molecule has 1 saturated carbocycles. The van der Waals surface area contributed by atoms with E-state index in [0.717, 1.165) is 38.3 Å². The molecule has 124 valence electrons. The van der Waals surface area contributed by atoms with Crippen LogP contribution in [0.5, 0.6) is 0 Å². The van der Waals surface area contributed by atoms with Crippen LogP contribution < -0.4 is 5.32 Å². The lowest BCUT2D eigenvalue weighted by atomic mass is 9.71. The number of nitrogens with zero attached hydrogens (tertiary/aromatic N) is 1. The molecule has 0 radical (unpaired) electrons. The topological polar surface area (TPSA) is 24.5 Å². The van der Waals surface area contributed by atoms with Crippen molar-refractivity contribution in [1.29, 1.82) is 0 Å². The molecule has 2 rings (SSSR count). The van der Waals surface area contributed by atoms with E-state index in [0.29, 0.717) is 5.41 Å². The van der Waals surface area contributed by atoms with Gasteiger partial charge in [-0.1, -0.05) is 20.8 Å². The van der Waals surface area contributed by atoms with E-state index in [1.54, 1.807) is 0 Å². The van der Waals surface area contributed by atoms with Crippen LogP contribution >= 0.6 is 0 Å². The van der Waals surface area contributed by atoms with E-state index in [9.17, 15) is 0 Å². The summed E-state index contributed by atoms with van der Waals surface area (Å²) in [4.78, 5) is 2.54. The van der Waals surface area contributed by atoms with E-state index in [1.165, 1.54) is 51.6 Å². The van der Waals surface area contributed by atoms with E-state index in [2.05, 4.69) is 31.0 Å². The summed E-state index contributed by atoms with van der Waals surface area (Å²) in [6, 6.07) is 0.784. The number of unbranched alkanes of at least 4 members (excludes halogenated alkanes) is 1. The Hall–Kier alpha value is -0.120. The van der Waals surface area contributed by atoms with Crippen molar-refractivity contribution in [2.75, 3.05) is 39.4 Å². The molecule has 21 heavy (non-hydrogen) atoms. The van der Waals surface area contributed by atoms with Gasteiger partial charge in [0, 0.05) is 19.1 Å². The fourth-order valence-electron chi connectivity index (χ4n) is 3.75. The first-order valence-corrected chi connectivity index (χ1v) is 9.09. The van der Waals surface area contributed by atoms with Crippen molar-refractivity contribution in [2.24, 2.45) is 11.3 Å². The average Bonchev–Trinajstić information content (AvgIpc) is 2.47. The van der Waals surface area contributed by atoms with Crippen LogP contribution in [0.15, 0.2) is 0 Å². The molecular formula is C18H36N2O. The molecule has 0 bridgehead atoms. The molecule has 0 amide bonds. The zero-order chi connectivity index (χ0) is 15.1. The zero-order valence-corrected chi connectivity index (χ0v) is 14.5. The molecule has 3 heteroatoms. The molecule has 1 aliphatic carbocycles. The largest absolute Gasteiger partial charge is 0.379 e. The van der Waals surface area contributed by atoms with Crippen LogP contribution in [-0.4, -0.2) is 50.3 Å². The van der Waals surface area contributed by atoms with Gasteiger partial charge < -0.3 is 10.1 Å². The van der Waals surface area contributed by atoms with Gasteiger partial charge in [-0.2, -0.15) is 0 Å². The van der Waals surface area contributed by atoms with E-state index < -0.39 is 0 Å². The molecule has 0 unspecified atom stereocenters. The average molecular weight is 296 g/mol. The third-order valence-electron chi connectivity index (χ3n) is 5.39. The highest BCUT2D eigenvalue weighted by Gasteiger charge is 2.29. The third-order valence-corrected chi connectivity index (χ3v) is 5.39. The molecule has 0 atom stereocenters. The van der Waals surface area contributed by atoms with Crippen LogP contribution in [0.3, 0.4) is 0 Å². The number of morpholine rings is 1. The molecule has 1 aliphatic heterocycles. The number of hydrogen-bond donors (Lipinski definition) is 1. The Morgan fingerprint density at radius 3 is 2.29 bits per heavy atom. The van der Waals surface area contributed by atoms with Gasteiger partial charge in [0.1, 0.15) is 0 Å². The molecule has 0 aromatic carbocycles. The van der Waals surface area contributed by atoms with Gasteiger partial charge in [0.15, 0.2) is 0 Å². The van der Waals surface area contributed by atoms with Crippen molar-refractivity contribution in [1.82, 2.24) is 10.2 Å². The molecule has 1 saturated heterocycles. The fourth-order valence-corrected chi connectivity index (χ4v) is 3.75. The van der Waals surface area contributed by atoms with Gasteiger partial charge >= 0.3 is 0 Å². The summed E-state index contributed by atoms with van der Waals surface area (Å²) in [5.41, 5.74) is 0.503. The van der Waals surface area contributed by atoms with E-state index in [1.807, 2.05) is 0 Å². The van der Waals surface area contributed by atoms with Gasteiger partial charge in [-0.05, 0) is 62.9 Å². The number of hydrogen-bond acceptors (Lipinski definition) is 3. The molecule has 2 aliphatic rings. The predicted molar refractivity (Wildman–Crippen MR) is 89.7 cm³/mol. The maximum absolute atomic E-state index is 5.38. The highest BCUT2D eigenvalue weighted by atomic mass is 16.5. The minimum atomic E-state index is 0.503. The fraction of sp³-hybridized carbons (Fsp3) is 1.00. The van der Waals surface area contributed by atoms with Crippen molar-refractivity contribution >= 4 is 0 Å². The second-order valence-electron chi connectivity index (χ2n) is 8.03. The quantitative estimate of drug-likeness (QED) is 0.761. The lowest BCUT2D eigenvalue weighted by molar-refractivity contribution is 0.0371. The Labute approximate surface area is 131 Å². The van der Waals surface area contributed by atoms with Gasteiger partial charge in [-0.3, -0.25) is 4.90 Å². The highest BCUT2D eigenvalue weighted by Crippen LogP contribution is 2.37. The Bertz CT molecular complexity index is 273. The Morgan fingerprint density at radius 2 is 1.67 bits per heavy atom. The van der Waals surface area contributed by atoms with Crippen LogP contribution in [0.25, 0.3) is 0 Å². The van der Waals surface area contributed by atoms with Gasteiger partial charge in [0.2, 0.25) is 0 Å². The van der Waals surface area contributed by atoms with Crippen molar-refractivity contribution in [2.45, 2.75) is 65.3 Å². The van der Waals surface area contributed by atoms with Crippen LogP contribution in [-0.2, 0) is 4.74 Å². The first kappa shape index (κ1) is 17.2. The maximum Gasteiger partial charge on any atom is 0.0594 e. The Balaban J connectivity index is 1.48. The van der Waals surface area contributed by atoms with E-state index in [-0.39, 0.29) is 0 Å². The minimum absolute atomic E-state index is 0.503. The highest BCUT2D eigenvalue weighted by molar-refractivity contribution is 4.83. The van der Waals surface area contributed by atoms with E-state index in [4.69, 9.17) is 4.74 Å². The first-order chi connectivity index (χ1) is 10.1. The van der Waals surface area contributed by atoms with Crippen LogP contribution in [0.2, 0.25) is 0 Å². The standard InChI is InChI=1S/C18H36N2O/c1-18(2,3)16-6-8-17(9-7-16)19-10-4-5-11-20-12-14-21-15-13-20/h16-17,19H,4-15H2,1-3H3. The second kappa shape index (κ2) is 8.50. The molecule has 1 heterocycles. The number of rotatable bonds is 6. The molecule has 0 spiro atoms. The van der Waals surface area contributed by atoms with Gasteiger partial charge in [0.25, 0.3) is 0 Å². The Morgan fingerprint density at radius 1 is 1.00 bits per heavy atom. The smallest absolute Gasteiger partial charge is 0.0594 e. The number of nitrogens with one attached hydrogen (secondary N) is 1. The molecule has 0 aromatic heterocycles. The van der Waals surface area contributed by atoms with Gasteiger partial charge in [-0.25, -0.2) is 0 Å². The zero-order valence-electron chi connectivity index (χ0n) is 14.5. The lowest BCUT2D eigenvalue weighted by Gasteiger charge is -2.37. The summed E-state index contributed by atoms with van der Waals surface area (Å²) in [5, 5.41) is 3.79. The SMILES string of the molecule is CC(C)(C)C1CCC(NCCCCN2CCOCC2)CC1. The van der Waals surface area contributed by atoms with E-state index >= 15 is 0 Å². The summed E-state index contributed by atoms with van der Waals surface area (Å²) in [5.74, 6) is 0.928. The number of ether oxygens (including phenoxy) is 1. The van der Waals surface area contributed by atoms with Crippen LogP contribution in [0.4, 0.5) is 0 Å². The third kappa shape index (κ3) is 6.25. The molecule has 3 nitrogen and oxygen atoms in total. The van der Waals surface area contributed by atoms with Crippen LogP contribution in [0, 0.1) is 11.3 Å². The molecule has 0 aromatic rings. The van der Waals surface area contributed by atoms with Crippen molar-refractivity contribution < 1.29 is 4.74 Å². The van der Waals surface area contributed by atoms with Crippen LogP contribution in [0.1, 0.15) is 59.3 Å². The minimum Gasteiger partial charge on any atom is -0.379 e.